The average molecular weight is 618 g/mol. The van der Waals surface area contributed by atoms with Crippen LogP contribution in [0.3, 0.4) is 0 Å². The summed E-state index contributed by atoms with van der Waals surface area (Å²) in [5, 5.41) is 8.59. The molecule has 2 bridgehead atoms. The number of aromatic hydroxyl groups is 1. The quantitative estimate of drug-likeness (QED) is 0.225. The number of rotatable bonds is 12. The van der Waals surface area contributed by atoms with Gasteiger partial charge in [0.2, 0.25) is 10.0 Å². The van der Waals surface area contributed by atoms with Crippen molar-refractivity contribution in [3.05, 3.63) is 83.9 Å². The summed E-state index contributed by atoms with van der Waals surface area (Å²) in [5.74, 6) is 1.12. The maximum Gasteiger partial charge on any atom is 0.407 e. The number of hydrogen-bond acceptors (Lipinski definition) is 6. The zero-order valence-electron chi connectivity index (χ0n) is 23.9. The summed E-state index contributed by atoms with van der Waals surface area (Å²) >= 11 is 0. The lowest BCUT2D eigenvalue weighted by atomic mass is 9.83. The van der Waals surface area contributed by atoms with Crippen LogP contribution in [0.1, 0.15) is 43.7 Å². The molecule has 0 radical (unpaired) electrons. The fourth-order valence-electron chi connectivity index (χ4n) is 5.68. The molecular formula is C32H34F3NO6S. The van der Waals surface area contributed by atoms with Gasteiger partial charge in [-0.15, -0.1) is 0 Å². The lowest BCUT2D eigenvalue weighted by Crippen LogP contribution is -2.47. The summed E-state index contributed by atoms with van der Waals surface area (Å²) in [6, 6.07) is 19.2. The molecule has 43 heavy (non-hydrogen) atoms. The second-order valence-electron chi connectivity index (χ2n) is 10.6. The summed E-state index contributed by atoms with van der Waals surface area (Å²) in [4.78, 5) is 0. The Bertz CT molecular complexity index is 1540. The van der Waals surface area contributed by atoms with E-state index in [2.05, 4.69) is 6.92 Å². The number of anilines is 1. The van der Waals surface area contributed by atoms with E-state index in [0.717, 1.165) is 30.4 Å². The van der Waals surface area contributed by atoms with Crippen molar-refractivity contribution in [2.75, 3.05) is 24.6 Å². The number of unbranched alkanes of at least 4 members (excludes halogenated alkanes) is 2. The van der Waals surface area contributed by atoms with Crippen LogP contribution >= 0.6 is 0 Å². The van der Waals surface area contributed by atoms with E-state index in [1.807, 2.05) is 12.1 Å². The van der Waals surface area contributed by atoms with E-state index in [1.165, 1.54) is 43.5 Å². The Hall–Kier alpha value is -3.70. The third kappa shape index (κ3) is 6.62. The Labute approximate surface area is 249 Å². The molecule has 1 fully saturated rings. The number of halogens is 3. The molecule has 2 heterocycles. The molecule has 0 aliphatic carbocycles. The topological polar surface area (TPSA) is 85.3 Å². The highest BCUT2D eigenvalue weighted by Gasteiger charge is 2.55. The third-order valence-corrected chi connectivity index (χ3v) is 9.88. The predicted octanol–water partition coefficient (Wildman–Crippen LogP) is 6.82. The van der Waals surface area contributed by atoms with E-state index < -0.39 is 40.2 Å². The highest BCUT2D eigenvalue weighted by Crippen LogP contribution is 2.51. The van der Waals surface area contributed by atoms with E-state index >= 15 is 0 Å². The molecule has 2 aliphatic rings. The van der Waals surface area contributed by atoms with E-state index in [9.17, 15) is 26.7 Å². The molecule has 0 unspecified atom stereocenters. The predicted molar refractivity (Wildman–Crippen MR) is 159 cm³/mol. The number of ether oxygens (including phenoxy) is 3. The minimum absolute atomic E-state index is 0.0180. The fraction of sp³-hybridized carbons (Fsp3) is 0.375. The van der Waals surface area contributed by atoms with Crippen molar-refractivity contribution in [2.45, 2.75) is 56.2 Å². The Kier molecular flexibility index (Phi) is 8.94. The number of phenolic OH excluding ortho intramolecular Hbond substituents is 1. The van der Waals surface area contributed by atoms with E-state index in [4.69, 9.17) is 14.2 Å². The van der Waals surface area contributed by atoms with Crippen LogP contribution < -0.4 is 13.8 Å². The number of nitrogens with zero attached hydrogens (tertiary/aromatic N) is 1. The molecule has 3 aromatic rings. The summed E-state index contributed by atoms with van der Waals surface area (Å²) in [6.07, 6.45) is -3.43. The Balaban J connectivity index is 1.53. The van der Waals surface area contributed by atoms with Crippen molar-refractivity contribution in [3.63, 3.8) is 0 Å². The number of benzene rings is 3. The van der Waals surface area contributed by atoms with Crippen LogP contribution in [0, 0.1) is 0 Å². The van der Waals surface area contributed by atoms with Gasteiger partial charge in [0, 0.05) is 0 Å². The summed E-state index contributed by atoms with van der Waals surface area (Å²) in [5.41, 5.74) is 2.64. The second kappa shape index (κ2) is 12.5. The molecule has 0 spiro atoms. The van der Waals surface area contributed by atoms with Crippen LogP contribution in [0.2, 0.25) is 0 Å². The highest BCUT2D eigenvalue weighted by atomic mass is 32.2. The first-order valence-corrected chi connectivity index (χ1v) is 15.7. The molecule has 5 rings (SSSR count). The first-order valence-electron chi connectivity index (χ1n) is 14.2. The van der Waals surface area contributed by atoms with Crippen molar-refractivity contribution in [3.8, 4) is 17.2 Å². The maximum atomic E-state index is 14.1. The van der Waals surface area contributed by atoms with E-state index in [-0.39, 0.29) is 17.9 Å². The number of alkyl halides is 3. The van der Waals surface area contributed by atoms with Gasteiger partial charge in [-0.1, -0.05) is 44.0 Å². The third-order valence-electron chi connectivity index (χ3n) is 7.72. The number of sulfonamides is 1. The van der Waals surface area contributed by atoms with Gasteiger partial charge in [-0.3, -0.25) is 4.31 Å². The second-order valence-corrected chi connectivity index (χ2v) is 12.7. The van der Waals surface area contributed by atoms with Gasteiger partial charge in [-0.25, -0.2) is 8.42 Å². The van der Waals surface area contributed by atoms with Gasteiger partial charge in [0.05, 0.1) is 25.5 Å². The maximum absolute atomic E-state index is 14.1. The zero-order chi connectivity index (χ0) is 30.8. The number of phenols is 1. The summed E-state index contributed by atoms with van der Waals surface area (Å²) < 4.78 is 87.1. The Morgan fingerprint density at radius 2 is 1.51 bits per heavy atom. The number of hydrogen-bond donors (Lipinski definition) is 1. The zero-order valence-corrected chi connectivity index (χ0v) is 24.7. The van der Waals surface area contributed by atoms with Gasteiger partial charge >= 0.3 is 6.18 Å². The van der Waals surface area contributed by atoms with Crippen LogP contribution in [0.5, 0.6) is 17.2 Å². The summed E-state index contributed by atoms with van der Waals surface area (Å²) in [7, 11) is -3.15. The number of methoxy groups -OCH3 is 1. The molecule has 7 nitrogen and oxygen atoms in total. The van der Waals surface area contributed by atoms with Gasteiger partial charge in [0.25, 0.3) is 0 Å². The van der Waals surface area contributed by atoms with Crippen molar-refractivity contribution in [1.82, 2.24) is 0 Å². The largest absolute Gasteiger partial charge is 0.508 e. The van der Waals surface area contributed by atoms with Gasteiger partial charge in [-0.2, -0.15) is 13.2 Å². The van der Waals surface area contributed by atoms with Gasteiger partial charge in [-0.05, 0) is 83.6 Å². The van der Waals surface area contributed by atoms with Crippen LogP contribution in [-0.4, -0.2) is 57.4 Å². The number of fused-ring (bicyclic) bond motifs is 2. The molecule has 1 saturated heterocycles. The molecular weight excluding hydrogens is 583 g/mol. The average Bonchev–Trinajstić information content (AvgIpc) is 3.59. The highest BCUT2D eigenvalue weighted by molar-refractivity contribution is 7.93. The van der Waals surface area contributed by atoms with Crippen LogP contribution in [-0.2, 0) is 14.8 Å². The normalized spacial score (nSPS) is 20.0. The van der Waals surface area contributed by atoms with E-state index in [0.29, 0.717) is 33.5 Å². The van der Waals surface area contributed by atoms with Crippen LogP contribution in [0.25, 0.3) is 11.1 Å². The molecule has 3 atom stereocenters. The SMILES string of the molecule is CCCCCOc1ccc(C2=C(c3ccc(O)cc3)[C@H]3C[C@H](S(=O)(=O)N(CC(F)(F)F)c4ccc(OC)cc4)[C@@H]2O3)cc1. The Morgan fingerprint density at radius 1 is 0.907 bits per heavy atom. The van der Waals surface area contributed by atoms with Crippen molar-refractivity contribution in [1.29, 1.82) is 0 Å². The lowest BCUT2D eigenvalue weighted by molar-refractivity contribution is -0.117. The first kappa shape index (κ1) is 30.7. The Morgan fingerprint density at radius 3 is 2.12 bits per heavy atom. The van der Waals surface area contributed by atoms with Crippen LogP contribution in [0.15, 0.2) is 72.8 Å². The van der Waals surface area contributed by atoms with Gasteiger partial charge in [0.15, 0.2) is 0 Å². The lowest BCUT2D eigenvalue weighted by Gasteiger charge is -2.32. The molecule has 0 saturated carbocycles. The fourth-order valence-corrected chi connectivity index (χ4v) is 7.68. The van der Waals surface area contributed by atoms with Gasteiger partial charge < -0.3 is 19.3 Å². The minimum atomic E-state index is -4.78. The van der Waals surface area contributed by atoms with E-state index in [1.54, 1.807) is 24.3 Å². The van der Waals surface area contributed by atoms with Gasteiger partial charge in [0.1, 0.15) is 35.1 Å². The molecule has 3 aromatic carbocycles. The summed E-state index contributed by atoms with van der Waals surface area (Å²) in [6.45, 7) is 1.01. The standard InChI is InChI=1S/C32H34F3NO6S/c1-3-4-5-18-41-26-14-8-22(9-15-26)30-29(21-6-12-24(37)13-7-21)27-19-28(31(30)42-27)43(38,39)36(20-32(33,34)35)23-10-16-25(40-2)17-11-23/h6-17,27-28,31,37H,3-5,18-20H2,1-2H3/t27-,28+,31+/m1/s1. The van der Waals surface area contributed by atoms with Crippen molar-refractivity contribution >= 4 is 26.9 Å². The molecule has 230 valence electrons. The smallest absolute Gasteiger partial charge is 0.407 e. The van der Waals surface area contributed by atoms with Crippen LogP contribution in [0.4, 0.5) is 18.9 Å². The molecule has 11 heteroatoms. The van der Waals surface area contributed by atoms with Crippen molar-refractivity contribution < 1.29 is 40.9 Å². The molecule has 2 aliphatic heterocycles. The molecule has 0 amide bonds. The monoisotopic (exact) mass is 617 g/mol. The minimum Gasteiger partial charge on any atom is -0.508 e. The molecule has 0 aromatic heterocycles. The van der Waals surface area contributed by atoms with Crippen molar-refractivity contribution in [2.24, 2.45) is 0 Å². The first-order chi connectivity index (χ1) is 20.5. The molecule has 1 N–H and O–H groups in total.